The van der Waals surface area contributed by atoms with E-state index < -0.39 is 15.9 Å². The van der Waals surface area contributed by atoms with Gasteiger partial charge in [-0.2, -0.15) is 5.21 Å². The van der Waals surface area contributed by atoms with Crippen LogP contribution in [-0.4, -0.2) is 102 Å². The van der Waals surface area contributed by atoms with Crippen LogP contribution >= 0.6 is 23.4 Å². The molecule has 3 N–H and O–H groups in total. The largest absolute Gasteiger partial charge is 0.381 e. The molecule has 0 spiro atoms. The first kappa shape index (κ1) is 41.5. The summed E-state index contributed by atoms with van der Waals surface area (Å²) in [6.45, 7) is 8.85. The van der Waals surface area contributed by atoms with Gasteiger partial charge in [-0.05, 0) is 102 Å². The number of H-pyrrole nitrogens is 1. The fourth-order valence-corrected chi connectivity index (χ4v) is 9.91. The molecule has 3 heterocycles. The van der Waals surface area contributed by atoms with Crippen molar-refractivity contribution in [1.82, 2.24) is 35.1 Å². The van der Waals surface area contributed by atoms with E-state index in [-0.39, 0.29) is 16.5 Å². The Morgan fingerprint density at radius 1 is 0.883 bits per heavy atom. The molecule has 5 aromatic carbocycles. The molecule has 310 valence electrons. The highest BCUT2D eigenvalue weighted by Crippen LogP contribution is 2.29. The number of benzene rings is 5. The van der Waals surface area contributed by atoms with Gasteiger partial charge in [-0.25, -0.2) is 13.1 Å². The second-order valence-corrected chi connectivity index (χ2v) is 18.6. The minimum absolute atomic E-state index is 0.0347. The highest BCUT2D eigenvalue weighted by atomic mass is 35.5. The number of rotatable bonds is 16. The molecule has 12 nitrogen and oxygen atoms in total. The molecule has 60 heavy (non-hydrogen) atoms. The second-order valence-electron chi connectivity index (χ2n) is 15.4. The van der Waals surface area contributed by atoms with Crippen LogP contribution in [0.3, 0.4) is 0 Å². The number of carbonyl (C=O) groups is 1. The summed E-state index contributed by atoms with van der Waals surface area (Å²) < 4.78 is 29.3. The standard InChI is InChI=1S/C45H48ClN9O3S2/c1-32-27-41(19-20-43(32)47-38(31-59-40-8-3-2-4-9-40)21-22-54-29-36(30-54)44-48-51-52-49-44)60(57,58)50-45(56)34-13-17-39(18-14-34)55-25-23-53(24-26-55)28-35-7-5-6-10-42(35)33-11-15-37(46)16-12-33/h2-20,27,36,38,47H,21-26,28-31H2,1H3,(H,50,56)(H,48,49,51,52)/t38-/m1/s1. The molecule has 0 unspecified atom stereocenters. The number of tetrazole rings is 1. The van der Waals surface area contributed by atoms with E-state index in [1.165, 1.54) is 16.0 Å². The van der Waals surface area contributed by atoms with Crippen LogP contribution in [0.5, 0.6) is 0 Å². The molecule has 15 heteroatoms. The number of likely N-dealkylation sites (tertiary alicyclic amines) is 1. The molecule has 0 aliphatic carbocycles. The number of nitrogens with zero attached hydrogens (tertiary/aromatic N) is 6. The molecule has 0 saturated carbocycles. The fourth-order valence-electron chi connectivity index (χ4n) is 7.73. The van der Waals surface area contributed by atoms with Crippen LogP contribution in [-0.2, 0) is 16.6 Å². The molecule has 2 aliphatic rings. The Kier molecular flexibility index (Phi) is 13.1. The van der Waals surface area contributed by atoms with E-state index in [1.807, 2.05) is 49.4 Å². The third-order valence-electron chi connectivity index (χ3n) is 11.2. The van der Waals surface area contributed by atoms with Crippen LogP contribution in [0.15, 0.2) is 131 Å². The minimum atomic E-state index is -4.13. The predicted molar refractivity (Wildman–Crippen MR) is 239 cm³/mol. The van der Waals surface area contributed by atoms with Gasteiger partial charge in [0.05, 0.1) is 4.90 Å². The number of thioether (sulfide) groups is 1. The average Bonchev–Trinajstić information content (AvgIpc) is 3.78. The summed E-state index contributed by atoms with van der Waals surface area (Å²) in [7, 11) is -4.13. The van der Waals surface area contributed by atoms with Gasteiger partial charge < -0.3 is 15.1 Å². The highest BCUT2D eigenvalue weighted by Gasteiger charge is 2.31. The number of piperazine rings is 1. The smallest absolute Gasteiger partial charge is 0.264 e. The lowest BCUT2D eigenvalue weighted by molar-refractivity contribution is 0.0981. The van der Waals surface area contributed by atoms with Crippen molar-refractivity contribution in [3.63, 3.8) is 0 Å². The zero-order valence-electron chi connectivity index (χ0n) is 33.4. The number of anilines is 2. The van der Waals surface area contributed by atoms with Gasteiger partial charge in [0.25, 0.3) is 15.9 Å². The molecule has 8 rings (SSSR count). The number of hydrogen-bond acceptors (Lipinski definition) is 11. The Morgan fingerprint density at radius 3 is 2.33 bits per heavy atom. The molecule has 2 saturated heterocycles. The van der Waals surface area contributed by atoms with E-state index in [9.17, 15) is 13.2 Å². The summed E-state index contributed by atoms with van der Waals surface area (Å²) >= 11 is 7.92. The lowest BCUT2D eigenvalue weighted by atomic mass is 9.99. The van der Waals surface area contributed by atoms with Gasteiger partial charge in [0.15, 0.2) is 5.82 Å². The van der Waals surface area contributed by atoms with E-state index >= 15 is 0 Å². The molecule has 1 amide bonds. The second kappa shape index (κ2) is 19.0. The average molecular weight is 863 g/mol. The van der Waals surface area contributed by atoms with E-state index in [4.69, 9.17) is 11.6 Å². The van der Waals surface area contributed by atoms with Gasteiger partial charge in [0.2, 0.25) is 0 Å². The lowest BCUT2D eigenvalue weighted by Crippen LogP contribution is -2.47. The maximum Gasteiger partial charge on any atom is 0.264 e. The first-order valence-corrected chi connectivity index (χ1v) is 23.0. The number of amides is 1. The van der Waals surface area contributed by atoms with Crippen LogP contribution in [0.2, 0.25) is 5.02 Å². The van der Waals surface area contributed by atoms with Crippen molar-refractivity contribution in [1.29, 1.82) is 0 Å². The number of halogens is 1. The summed E-state index contributed by atoms with van der Waals surface area (Å²) in [6, 6.07) is 39.0. The van der Waals surface area contributed by atoms with Crippen molar-refractivity contribution >= 4 is 50.7 Å². The molecular weight excluding hydrogens is 814 g/mol. The quantitative estimate of drug-likeness (QED) is 0.0844. The zero-order valence-corrected chi connectivity index (χ0v) is 35.8. The van der Waals surface area contributed by atoms with Gasteiger partial charge in [0.1, 0.15) is 0 Å². The molecule has 1 atom stereocenters. The SMILES string of the molecule is Cc1cc(S(=O)(=O)NC(=O)c2ccc(N3CCN(Cc4ccccc4-c4ccc(Cl)cc4)CC3)cc2)ccc1N[C@H](CCN1CC(c2nn[nH]n2)C1)CSc1ccccc1. The number of nitrogens with one attached hydrogen (secondary N) is 3. The summed E-state index contributed by atoms with van der Waals surface area (Å²) in [5, 5.41) is 18.9. The van der Waals surface area contributed by atoms with E-state index in [1.54, 1.807) is 42.1 Å². The third kappa shape index (κ3) is 10.4. The highest BCUT2D eigenvalue weighted by molar-refractivity contribution is 7.99. The Balaban J connectivity index is 0.842. The van der Waals surface area contributed by atoms with E-state index in [0.29, 0.717) is 5.92 Å². The Bertz CT molecular complexity index is 2460. The van der Waals surface area contributed by atoms with Crippen LogP contribution < -0.4 is 14.9 Å². The lowest BCUT2D eigenvalue weighted by Gasteiger charge is -2.38. The molecule has 0 radical (unpaired) electrons. The van der Waals surface area contributed by atoms with Crippen molar-refractivity contribution in [2.24, 2.45) is 0 Å². The summed E-state index contributed by atoms with van der Waals surface area (Å²) in [6.07, 6.45) is 0.893. The summed E-state index contributed by atoms with van der Waals surface area (Å²) in [4.78, 5) is 21.6. The number of sulfonamides is 1. The first-order chi connectivity index (χ1) is 29.2. The van der Waals surface area contributed by atoms with E-state index in [2.05, 4.69) is 93.9 Å². The van der Waals surface area contributed by atoms with Gasteiger partial charge >= 0.3 is 0 Å². The van der Waals surface area contributed by atoms with E-state index in [0.717, 1.165) is 97.9 Å². The summed E-state index contributed by atoms with van der Waals surface area (Å²) in [5.41, 5.74) is 6.53. The molecule has 2 aliphatic heterocycles. The molecule has 6 aromatic rings. The van der Waals surface area contributed by atoms with Gasteiger partial charge in [-0.3, -0.25) is 9.69 Å². The van der Waals surface area contributed by atoms with Gasteiger partial charge in [-0.1, -0.05) is 71.4 Å². The Morgan fingerprint density at radius 2 is 1.62 bits per heavy atom. The van der Waals surface area contributed by atoms with Crippen molar-refractivity contribution in [3.8, 4) is 11.1 Å². The number of aryl methyl sites for hydroxylation is 1. The normalized spacial score (nSPS) is 15.7. The molecule has 0 bridgehead atoms. The predicted octanol–water partition coefficient (Wildman–Crippen LogP) is 7.33. The molecule has 2 fully saturated rings. The third-order valence-corrected chi connectivity index (χ3v) is 14.0. The Hall–Kier alpha value is -5.25. The fraction of sp³-hybridized carbons (Fsp3) is 0.289. The van der Waals surface area contributed by atoms with Gasteiger partial charge in [-0.15, -0.1) is 22.0 Å². The van der Waals surface area contributed by atoms with Crippen molar-refractivity contribution < 1.29 is 13.2 Å². The van der Waals surface area contributed by atoms with Gasteiger partial charge in [0, 0.05) is 96.9 Å². The monoisotopic (exact) mass is 861 g/mol. The zero-order chi connectivity index (χ0) is 41.5. The molecule has 1 aromatic heterocycles. The van der Waals surface area contributed by atoms with Crippen molar-refractivity contribution in [2.75, 3.05) is 61.8 Å². The minimum Gasteiger partial charge on any atom is -0.381 e. The van der Waals surface area contributed by atoms with Crippen molar-refractivity contribution in [2.45, 2.75) is 41.6 Å². The number of aromatic nitrogens is 4. The molecular formula is C45H48ClN9O3S2. The number of aromatic amines is 1. The summed E-state index contributed by atoms with van der Waals surface area (Å²) in [5.74, 6) is 1.21. The van der Waals surface area contributed by atoms with Crippen LogP contribution in [0, 0.1) is 6.92 Å². The topological polar surface area (TPSA) is 139 Å². The first-order valence-electron chi connectivity index (χ1n) is 20.2. The number of hydrogen-bond donors (Lipinski definition) is 3. The van der Waals surface area contributed by atoms with Crippen molar-refractivity contribution in [3.05, 3.63) is 149 Å². The maximum absolute atomic E-state index is 13.5. The van der Waals surface area contributed by atoms with Crippen LogP contribution in [0.25, 0.3) is 11.1 Å². The van der Waals surface area contributed by atoms with Crippen LogP contribution in [0.1, 0.15) is 39.6 Å². The maximum atomic E-state index is 13.5. The van der Waals surface area contributed by atoms with Crippen LogP contribution in [0.4, 0.5) is 11.4 Å². The number of carbonyl (C=O) groups excluding carboxylic acids is 1. The Labute approximate surface area is 360 Å².